The van der Waals surface area contributed by atoms with Gasteiger partial charge in [-0.3, -0.25) is 0 Å². The van der Waals surface area contributed by atoms with E-state index in [0.29, 0.717) is 0 Å². The average molecular weight is 248 g/mol. The number of hydrogen-bond donors (Lipinski definition) is 1. The van der Waals surface area contributed by atoms with Crippen molar-refractivity contribution in [3.8, 4) is 0 Å². The van der Waals surface area contributed by atoms with Crippen LogP contribution in [0.1, 0.15) is 18.4 Å². The highest BCUT2D eigenvalue weighted by molar-refractivity contribution is 5.40. The van der Waals surface area contributed by atoms with E-state index < -0.39 is 0 Å². The molecule has 0 amide bonds. The van der Waals surface area contributed by atoms with Gasteiger partial charge in [0, 0.05) is 38.9 Å². The summed E-state index contributed by atoms with van der Waals surface area (Å²) in [7, 11) is 6.29. The zero-order valence-corrected chi connectivity index (χ0v) is 11.7. The minimum absolute atomic E-state index is 0.757. The first-order chi connectivity index (χ1) is 8.65. The zero-order valence-electron chi connectivity index (χ0n) is 11.7. The molecule has 0 saturated heterocycles. The molecule has 1 N–H and O–H groups in total. The molecular formula is C14H24N4. The van der Waals surface area contributed by atoms with Gasteiger partial charge in [0.25, 0.3) is 0 Å². The third-order valence-corrected chi connectivity index (χ3v) is 3.26. The topological polar surface area (TPSA) is 31.4 Å². The van der Waals surface area contributed by atoms with Gasteiger partial charge in [-0.25, -0.2) is 4.98 Å². The molecule has 1 heterocycles. The number of hydrogen-bond acceptors (Lipinski definition) is 4. The Labute approximate surface area is 110 Å². The molecule has 1 aromatic heterocycles. The van der Waals surface area contributed by atoms with Crippen molar-refractivity contribution in [2.24, 2.45) is 0 Å². The molecule has 1 aromatic rings. The van der Waals surface area contributed by atoms with Crippen molar-refractivity contribution in [1.82, 2.24) is 15.2 Å². The molecule has 0 radical (unpaired) electrons. The van der Waals surface area contributed by atoms with Crippen LogP contribution in [0.15, 0.2) is 18.3 Å². The predicted octanol–water partition coefficient (Wildman–Crippen LogP) is 1.33. The van der Waals surface area contributed by atoms with E-state index in [1.165, 1.54) is 18.4 Å². The third-order valence-electron chi connectivity index (χ3n) is 3.26. The summed E-state index contributed by atoms with van der Waals surface area (Å²) in [5.41, 5.74) is 1.32. The number of nitrogens with one attached hydrogen (secondary N) is 1. The fraction of sp³-hybridized carbons (Fsp3) is 0.643. The van der Waals surface area contributed by atoms with Crippen LogP contribution in [0.25, 0.3) is 0 Å². The molecule has 1 saturated carbocycles. The van der Waals surface area contributed by atoms with E-state index in [0.717, 1.165) is 31.5 Å². The predicted molar refractivity (Wildman–Crippen MR) is 75.9 cm³/mol. The molecule has 0 bridgehead atoms. The maximum Gasteiger partial charge on any atom is 0.128 e. The summed E-state index contributed by atoms with van der Waals surface area (Å²) in [4.78, 5) is 8.84. The van der Waals surface area contributed by atoms with E-state index in [4.69, 9.17) is 0 Å². The first-order valence-corrected chi connectivity index (χ1v) is 6.69. The van der Waals surface area contributed by atoms with E-state index in [1.807, 2.05) is 6.20 Å². The van der Waals surface area contributed by atoms with Gasteiger partial charge in [-0.15, -0.1) is 0 Å². The highest BCUT2D eigenvalue weighted by Crippen LogP contribution is 2.19. The largest absolute Gasteiger partial charge is 0.358 e. The molecule has 100 valence electrons. The molecule has 1 aliphatic carbocycles. The van der Waals surface area contributed by atoms with Crippen molar-refractivity contribution in [1.29, 1.82) is 0 Å². The summed E-state index contributed by atoms with van der Waals surface area (Å²) < 4.78 is 0. The summed E-state index contributed by atoms with van der Waals surface area (Å²) in [5, 5.41) is 3.53. The first-order valence-electron chi connectivity index (χ1n) is 6.69. The Hall–Kier alpha value is -1.13. The van der Waals surface area contributed by atoms with Crippen LogP contribution in [0.4, 0.5) is 5.82 Å². The molecule has 0 unspecified atom stereocenters. The lowest BCUT2D eigenvalue weighted by Crippen LogP contribution is -2.29. The van der Waals surface area contributed by atoms with Gasteiger partial charge < -0.3 is 15.1 Å². The van der Waals surface area contributed by atoms with Crippen LogP contribution in [0.3, 0.4) is 0 Å². The fourth-order valence-electron chi connectivity index (χ4n) is 1.79. The summed E-state index contributed by atoms with van der Waals surface area (Å²) in [6.07, 6.45) is 4.58. The lowest BCUT2D eigenvalue weighted by atomic mass is 10.2. The minimum atomic E-state index is 0.757. The van der Waals surface area contributed by atoms with Gasteiger partial charge in [-0.2, -0.15) is 0 Å². The normalized spacial score (nSPS) is 15.1. The van der Waals surface area contributed by atoms with Gasteiger partial charge in [0.05, 0.1) is 0 Å². The second-order valence-electron chi connectivity index (χ2n) is 5.40. The summed E-state index contributed by atoms with van der Waals surface area (Å²) in [5.74, 6) is 1.06. The monoisotopic (exact) mass is 248 g/mol. The Morgan fingerprint density at radius 1 is 1.28 bits per heavy atom. The molecule has 0 aromatic carbocycles. The second kappa shape index (κ2) is 6.16. The van der Waals surface area contributed by atoms with Crippen molar-refractivity contribution >= 4 is 5.82 Å². The third kappa shape index (κ3) is 4.27. The molecule has 2 rings (SSSR count). The van der Waals surface area contributed by atoms with Crippen LogP contribution in [-0.4, -0.2) is 50.2 Å². The maximum absolute atomic E-state index is 4.44. The molecular weight excluding hydrogens is 224 g/mol. The van der Waals surface area contributed by atoms with Gasteiger partial charge in [-0.05, 0) is 44.6 Å². The summed E-state index contributed by atoms with van der Waals surface area (Å²) >= 11 is 0. The van der Waals surface area contributed by atoms with E-state index in [9.17, 15) is 0 Å². The van der Waals surface area contributed by atoms with Crippen LogP contribution in [0.5, 0.6) is 0 Å². The average Bonchev–Trinajstić information content (AvgIpc) is 3.18. The first kappa shape index (κ1) is 13.3. The lowest BCUT2D eigenvalue weighted by molar-refractivity contribution is 0.416. The Morgan fingerprint density at radius 3 is 2.72 bits per heavy atom. The van der Waals surface area contributed by atoms with Crippen LogP contribution in [0.2, 0.25) is 0 Å². The number of nitrogens with zero attached hydrogens (tertiary/aromatic N) is 3. The SMILES string of the molecule is CN(C)CCN(C)c1cc(CNC2CC2)ccn1. The van der Waals surface area contributed by atoms with Crippen molar-refractivity contribution in [2.75, 3.05) is 39.1 Å². The highest BCUT2D eigenvalue weighted by Gasteiger charge is 2.19. The lowest BCUT2D eigenvalue weighted by Gasteiger charge is -2.21. The van der Waals surface area contributed by atoms with Crippen molar-refractivity contribution in [3.63, 3.8) is 0 Å². The van der Waals surface area contributed by atoms with E-state index >= 15 is 0 Å². The zero-order chi connectivity index (χ0) is 13.0. The number of likely N-dealkylation sites (N-methyl/N-ethyl adjacent to an activating group) is 2. The molecule has 1 aliphatic rings. The van der Waals surface area contributed by atoms with Gasteiger partial charge >= 0.3 is 0 Å². The van der Waals surface area contributed by atoms with Crippen LogP contribution in [-0.2, 0) is 6.54 Å². The quantitative estimate of drug-likeness (QED) is 0.789. The Bertz CT molecular complexity index is 374. The second-order valence-corrected chi connectivity index (χ2v) is 5.40. The van der Waals surface area contributed by atoms with E-state index in [2.05, 4.69) is 53.4 Å². The van der Waals surface area contributed by atoms with Crippen LogP contribution >= 0.6 is 0 Å². The van der Waals surface area contributed by atoms with Crippen molar-refractivity contribution < 1.29 is 0 Å². The molecule has 0 atom stereocenters. The molecule has 1 fully saturated rings. The number of pyridine rings is 1. The minimum Gasteiger partial charge on any atom is -0.358 e. The number of aromatic nitrogens is 1. The van der Waals surface area contributed by atoms with Crippen molar-refractivity contribution in [3.05, 3.63) is 23.9 Å². The van der Waals surface area contributed by atoms with Gasteiger partial charge in [0.1, 0.15) is 5.82 Å². The van der Waals surface area contributed by atoms with Crippen molar-refractivity contribution in [2.45, 2.75) is 25.4 Å². The van der Waals surface area contributed by atoms with E-state index in [1.54, 1.807) is 0 Å². The number of anilines is 1. The van der Waals surface area contributed by atoms with Gasteiger partial charge in [0.2, 0.25) is 0 Å². The smallest absolute Gasteiger partial charge is 0.128 e. The fourth-order valence-corrected chi connectivity index (χ4v) is 1.79. The van der Waals surface area contributed by atoms with Gasteiger partial charge in [-0.1, -0.05) is 0 Å². The van der Waals surface area contributed by atoms with Gasteiger partial charge in [0.15, 0.2) is 0 Å². The van der Waals surface area contributed by atoms with E-state index in [-0.39, 0.29) is 0 Å². The molecule has 4 nitrogen and oxygen atoms in total. The Morgan fingerprint density at radius 2 is 2.06 bits per heavy atom. The standard InChI is InChI=1S/C14H24N4/c1-17(2)8-9-18(3)14-10-12(6-7-15-14)11-16-13-4-5-13/h6-7,10,13,16H,4-5,8-9,11H2,1-3H3. The number of rotatable bonds is 7. The molecule has 4 heteroatoms. The van der Waals surface area contributed by atoms with Crippen LogP contribution in [0, 0.1) is 0 Å². The Balaban J connectivity index is 1.88. The molecule has 0 spiro atoms. The highest BCUT2D eigenvalue weighted by atomic mass is 15.2. The summed E-state index contributed by atoms with van der Waals surface area (Å²) in [6.45, 7) is 3.00. The Kier molecular flexibility index (Phi) is 4.55. The molecule has 0 aliphatic heterocycles. The maximum atomic E-state index is 4.44. The summed E-state index contributed by atoms with van der Waals surface area (Å²) in [6, 6.07) is 5.04. The molecule has 18 heavy (non-hydrogen) atoms. The van der Waals surface area contributed by atoms with Crippen LogP contribution < -0.4 is 10.2 Å².